The summed E-state index contributed by atoms with van der Waals surface area (Å²) in [4.78, 5) is 0. The molecule has 1 fully saturated rings. The third-order valence-corrected chi connectivity index (χ3v) is 2.53. The minimum atomic E-state index is 0.711. The highest BCUT2D eigenvalue weighted by Gasteiger charge is 2.23. The fraction of sp³-hybridized carbons (Fsp3) is 0.818. The highest BCUT2D eigenvalue weighted by Crippen LogP contribution is 2.31. The Labute approximate surface area is 76.5 Å². The zero-order valence-corrected chi connectivity index (χ0v) is 8.09. The molecule has 0 bridgehead atoms. The van der Waals surface area contributed by atoms with Crippen molar-refractivity contribution in [2.45, 2.75) is 32.6 Å². The van der Waals surface area contributed by atoms with Crippen LogP contribution >= 0.6 is 0 Å². The van der Waals surface area contributed by atoms with Gasteiger partial charge >= 0.3 is 0 Å². The summed E-state index contributed by atoms with van der Waals surface area (Å²) in [5.41, 5.74) is 0. The van der Waals surface area contributed by atoms with E-state index in [2.05, 4.69) is 20.3 Å². The highest BCUT2D eigenvalue weighted by atomic mass is 16.5. The van der Waals surface area contributed by atoms with E-state index in [9.17, 15) is 0 Å². The highest BCUT2D eigenvalue weighted by molar-refractivity contribution is 4.89. The Morgan fingerprint density at radius 2 is 2.42 bits per heavy atom. The van der Waals surface area contributed by atoms with Gasteiger partial charge in [-0.15, -0.1) is 0 Å². The van der Waals surface area contributed by atoms with Crippen molar-refractivity contribution in [3.05, 3.63) is 13.3 Å². The zero-order valence-electron chi connectivity index (χ0n) is 8.09. The zero-order chi connectivity index (χ0) is 8.81. The predicted molar refractivity (Wildman–Crippen MR) is 51.6 cm³/mol. The van der Waals surface area contributed by atoms with E-state index < -0.39 is 0 Å². The fourth-order valence-corrected chi connectivity index (χ4v) is 1.76. The van der Waals surface area contributed by atoms with Gasteiger partial charge in [0.05, 0.1) is 0 Å². The van der Waals surface area contributed by atoms with Gasteiger partial charge in [-0.1, -0.05) is 20.3 Å². The molecule has 1 nitrogen and oxygen atoms in total. The molecule has 0 heterocycles. The number of hydrogen-bond donors (Lipinski definition) is 0. The lowest BCUT2D eigenvalue weighted by molar-refractivity contribution is 0.109. The summed E-state index contributed by atoms with van der Waals surface area (Å²) in [6.45, 7) is 7.94. The third-order valence-electron chi connectivity index (χ3n) is 2.53. The smallest absolute Gasteiger partial charge is 0.0497 e. The number of hydrogen-bond acceptors (Lipinski definition) is 1. The van der Waals surface area contributed by atoms with E-state index in [0.717, 1.165) is 32.0 Å². The van der Waals surface area contributed by atoms with Crippen LogP contribution in [0.25, 0.3) is 0 Å². The normalized spacial score (nSPS) is 29.5. The Hall–Kier alpha value is -0.0400. The molecule has 0 saturated heterocycles. The molecule has 0 amide bonds. The van der Waals surface area contributed by atoms with Gasteiger partial charge in [0.25, 0.3) is 0 Å². The molecule has 0 aromatic heterocycles. The van der Waals surface area contributed by atoms with Crippen molar-refractivity contribution in [2.75, 3.05) is 13.2 Å². The molecule has 70 valence electrons. The van der Waals surface area contributed by atoms with Gasteiger partial charge in [-0.05, 0) is 37.5 Å². The molecule has 1 heteroatoms. The van der Waals surface area contributed by atoms with Crippen LogP contribution in [0.15, 0.2) is 0 Å². The quantitative estimate of drug-likeness (QED) is 0.573. The first-order chi connectivity index (χ1) is 5.86. The minimum Gasteiger partial charge on any atom is -0.381 e. The summed E-state index contributed by atoms with van der Waals surface area (Å²) in [7, 11) is 0. The van der Waals surface area contributed by atoms with E-state index in [-0.39, 0.29) is 0 Å². The molecule has 12 heavy (non-hydrogen) atoms. The Morgan fingerprint density at radius 3 is 3.00 bits per heavy atom. The Morgan fingerprint density at radius 1 is 1.58 bits per heavy atom. The van der Waals surface area contributed by atoms with Crippen molar-refractivity contribution in [1.29, 1.82) is 0 Å². The molecule has 0 aliphatic heterocycles. The molecule has 2 radical (unpaired) electrons. The van der Waals surface area contributed by atoms with E-state index in [4.69, 9.17) is 4.74 Å². The largest absolute Gasteiger partial charge is 0.381 e. The van der Waals surface area contributed by atoms with Crippen LogP contribution in [0.1, 0.15) is 32.6 Å². The van der Waals surface area contributed by atoms with Crippen molar-refractivity contribution in [2.24, 2.45) is 11.8 Å². The Balaban J connectivity index is 2.03. The van der Waals surface area contributed by atoms with Gasteiger partial charge in [-0.3, -0.25) is 0 Å². The second kappa shape index (κ2) is 5.58. The molecule has 2 atom stereocenters. The van der Waals surface area contributed by atoms with Crippen LogP contribution in [0.2, 0.25) is 0 Å². The molecule has 0 N–H and O–H groups in total. The van der Waals surface area contributed by atoms with Gasteiger partial charge in [-0.2, -0.15) is 0 Å². The van der Waals surface area contributed by atoms with Gasteiger partial charge in [0.1, 0.15) is 0 Å². The third kappa shape index (κ3) is 3.14. The van der Waals surface area contributed by atoms with E-state index in [0.29, 0.717) is 5.92 Å². The summed E-state index contributed by atoms with van der Waals surface area (Å²) < 4.78 is 5.51. The van der Waals surface area contributed by atoms with Crippen molar-refractivity contribution >= 4 is 0 Å². The molecule has 1 rings (SSSR count). The van der Waals surface area contributed by atoms with Crippen molar-refractivity contribution < 1.29 is 4.74 Å². The van der Waals surface area contributed by atoms with Gasteiger partial charge in [0.15, 0.2) is 0 Å². The molecule has 0 spiro atoms. The van der Waals surface area contributed by atoms with Gasteiger partial charge < -0.3 is 4.74 Å². The average molecular weight is 168 g/mol. The van der Waals surface area contributed by atoms with Crippen molar-refractivity contribution in [1.82, 2.24) is 0 Å². The van der Waals surface area contributed by atoms with E-state index in [1.54, 1.807) is 0 Å². The molecule has 1 saturated carbocycles. The maximum atomic E-state index is 5.51. The lowest BCUT2D eigenvalue weighted by Gasteiger charge is -2.09. The van der Waals surface area contributed by atoms with Crippen LogP contribution < -0.4 is 0 Å². The van der Waals surface area contributed by atoms with Crippen LogP contribution in [0.3, 0.4) is 0 Å². The van der Waals surface area contributed by atoms with Gasteiger partial charge in [0, 0.05) is 13.2 Å². The first-order valence-corrected chi connectivity index (χ1v) is 5.07. The van der Waals surface area contributed by atoms with Gasteiger partial charge in [0.2, 0.25) is 0 Å². The van der Waals surface area contributed by atoms with E-state index in [1.165, 1.54) is 12.8 Å². The molecule has 2 unspecified atom stereocenters. The number of ether oxygens (including phenoxy) is 1. The summed E-state index contributed by atoms with van der Waals surface area (Å²) in [6.07, 6.45) is 7.18. The van der Waals surface area contributed by atoms with Crippen LogP contribution in [0, 0.1) is 25.2 Å². The maximum Gasteiger partial charge on any atom is 0.0497 e. The number of rotatable bonds is 5. The summed E-state index contributed by atoms with van der Waals surface area (Å²) in [6, 6.07) is 0. The summed E-state index contributed by atoms with van der Waals surface area (Å²) in [5, 5.41) is 0. The molecular formula is C11H20O. The van der Waals surface area contributed by atoms with Crippen molar-refractivity contribution in [3.63, 3.8) is 0 Å². The predicted octanol–water partition coefficient (Wildman–Crippen LogP) is 2.87. The van der Waals surface area contributed by atoms with Crippen LogP contribution in [0.4, 0.5) is 0 Å². The average Bonchev–Trinajstić information content (AvgIpc) is 2.53. The summed E-state index contributed by atoms with van der Waals surface area (Å²) in [5.74, 6) is 1.54. The van der Waals surface area contributed by atoms with Crippen LogP contribution in [-0.4, -0.2) is 13.2 Å². The first kappa shape index (κ1) is 10.0. The Bertz CT molecular complexity index is 112. The van der Waals surface area contributed by atoms with Crippen LogP contribution in [0.5, 0.6) is 0 Å². The van der Waals surface area contributed by atoms with Crippen LogP contribution in [-0.2, 0) is 4.74 Å². The molecule has 0 aromatic rings. The van der Waals surface area contributed by atoms with Crippen molar-refractivity contribution in [3.8, 4) is 0 Å². The lowest BCUT2D eigenvalue weighted by Crippen LogP contribution is -2.07. The second-order valence-electron chi connectivity index (χ2n) is 3.70. The fourth-order valence-electron chi connectivity index (χ4n) is 1.76. The van der Waals surface area contributed by atoms with E-state index in [1.807, 2.05) is 0 Å². The monoisotopic (exact) mass is 168 g/mol. The molecule has 1 aliphatic rings. The second-order valence-corrected chi connectivity index (χ2v) is 3.70. The molecule has 1 aliphatic carbocycles. The van der Waals surface area contributed by atoms with Gasteiger partial charge in [-0.25, -0.2) is 0 Å². The topological polar surface area (TPSA) is 9.23 Å². The lowest BCUT2D eigenvalue weighted by atomic mass is 10.0. The summed E-state index contributed by atoms with van der Waals surface area (Å²) >= 11 is 0. The SMILES string of the molecule is [CH2]CC1C[CH]C(COCCC)C1. The first-order valence-electron chi connectivity index (χ1n) is 5.07. The Kier molecular flexibility index (Phi) is 4.67. The molecule has 0 aromatic carbocycles. The standard InChI is InChI=1S/C11H20O/c1-3-7-12-9-11-6-5-10(4-2)8-11/h6,10-11H,2-5,7-9H2,1H3. The minimum absolute atomic E-state index is 0.711. The van der Waals surface area contributed by atoms with E-state index >= 15 is 0 Å². The maximum absolute atomic E-state index is 5.51. The molecular weight excluding hydrogens is 148 g/mol.